The van der Waals surface area contributed by atoms with Gasteiger partial charge in [0.05, 0.1) is 17.8 Å². The largest absolute Gasteiger partial charge is 0.465 e. The second kappa shape index (κ2) is 5.37. The van der Waals surface area contributed by atoms with Crippen molar-refractivity contribution in [3.63, 3.8) is 0 Å². The fraction of sp³-hybridized carbons (Fsp3) is 0.500. The zero-order valence-corrected chi connectivity index (χ0v) is 10.5. The Labute approximate surface area is 97.7 Å². The Kier molecular flexibility index (Phi) is 4.39. The Balaban J connectivity index is 2.67. The smallest absolute Gasteiger partial charge is 0.321 e. The SMILES string of the molecule is CCOC(=O)CNS(=O)(=O)c1scnc1C. The lowest BCUT2D eigenvalue weighted by Gasteiger charge is -2.04. The minimum Gasteiger partial charge on any atom is -0.465 e. The highest BCUT2D eigenvalue weighted by Crippen LogP contribution is 2.18. The van der Waals surface area contributed by atoms with E-state index in [9.17, 15) is 13.2 Å². The number of rotatable bonds is 5. The summed E-state index contributed by atoms with van der Waals surface area (Å²) < 4.78 is 30.2. The van der Waals surface area contributed by atoms with E-state index in [1.165, 1.54) is 5.51 Å². The summed E-state index contributed by atoms with van der Waals surface area (Å²) in [6.45, 7) is 3.10. The average molecular weight is 264 g/mol. The van der Waals surface area contributed by atoms with Gasteiger partial charge in [0.2, 0.25) is 0 Å². The van der Waals surface area contributed by atoms with Crippen molar-refractivity contribution in [2.75, 3.05) is 13.2 Å². The molecule has 0 bridgehead atoms. The summed E-state index contributed by atoms with van der Waals surface area (Å²) in [4.78, 5) is 14.8. The van der Waals surface area contributed by atoms with Crippen LogP contribution >= 0.6 is 11.3 Å². The van der Waals surface area contributed by atoms with E-state index in [1.807, 2.05) is 0 Å². The molecule has 0 saturated heterocycles. The van der Waals surface area contributed by atoms with Gasteiger partial charge in [0.15, 0.2) is 4.21 Å². The van der Waals surface area contributed by atoms with Gasteiger partial charge in [-0.3, -0.25) is 4.79 Å². The Morgan fingerprint density at radius 1 is 1.62 bits per heavy atom. The van der Waals surface area contributed by atoms with E-state index in [0.29, 0.717) is 5.69 Å². The van der Waals surface area contributed by atoms with Crippen molar-refractivity contribution in [2.45, 2.75) is 18.1 Å². The van der Waals surface area contributed by atoms with Crippen LogP contribution in [-0.2, 0) is 19.6 Å². The van der Waals surface area contributed by atoms with Crippen LogP contribution in [0.15, 0.2) is 9.72 Å². The van der Waals surface area contributed by atoms with Gasteiger partial charge in [0.25, 0.3) is 10.0 Å². The van der Waals surface area contributed by atoms with Gasteiger partial charge in [-0.2, -0.15) is 4.72 Å². The van der Waals surface area contributed by atoms with Gasteiger partial charge in [-0.25, -0.2) is 13.4 Å². The number of thiazole rings is 1. The zero-order chi connectivity index (χ0) is 12.2. The van der Waals surface area contributed by atoms with Crippen molar-refractivity contribution in [1.29, 1.82) is 0 Å². The first-order chi connectivity index (χ1) is 7.47. The Bertz CT molecular complexity index is 466. The molecule has 0 saturated carbocycles. The maximum absolute atomic E-state index is 11.7. The number of nitrogens with zero attached hydrogens (tertiary/aromatic N) is 1. The van der Waals surface area contributed by atoms with E-state index < -0.39 is 16.0 Å². The van der Waals surface area contributed by atoms with Crippen molar-refractivity contribution >= 4 is 27.3 Å². The molecule has 0 spiro atoms. The molecule has 1 aromatic heterocycles. The van der Waals surface area contributed by atoms with Gasteiger partial charge >= 0.3 is 5.97 Å². The Morgan fingerprint density at radius 3 is 2.81 bits per heavy atom. The third-order valence-corrected chi connectivity index (χ3v) is 4.63. The third-order valence-electron chi connectivity index (χ3n) is 1.66. The van der Waals surface area contributed by atoms with Crippen LogP contribution in [-0.4, -0.2) is 32.5 Å². The topological polar surface area (TPSA) is 85.4 Å². The molecule has 1 heterocycles. The molecule has 1 N–H and O–H groups in total. The highest BCUT2D eigenvalue weighted by Gasteiger charge is 2.20. The van der Waals surface area contributed by atoms with Crippen LogP contribution in [0.5, 0.6) is 0 Å². The minimum atomic E-state index is -3.66. The van der Waals surface area contributed by atoms with Crippen molar-refractivity contribution < 1.29 is 17.9 Å². The normalized spacial score (nSPS) is 11.4. The van der Waals surface area contributed by atoms with E-state index in [4.69, 9.17) is 0 Å². The second-order valence-corrected chi connectivity index (χ2v) is 5.67. The number of esters is 1. The number of sulfonamides is 1. The molecule has 0 unspecified atom stereocenters. The number of ether oxygens (including phenoxy) is 1. The lowest BCUT2D eigenvalue weighted by molar-refractivity contribution is -0.141. The number of carbonyl (C=O) groups excluding carboxylic acids is 1. The molecule has 0 atom stereocenters. The maximum atomic E-state index is 11.7. The molecular weight excluding hydrogens is 252 g/mol. The number of nitrogens with one attached hydrogen (secondary N) is 1. The average Bonchev–Trinajstić information content (AvgIpc) is 2.63. The van der Waals surface area contributed by atoms with Crippen LogP contribution in [0.4, 0.5) is 0 Å². The van der Waals surface area contributed by atoms with Crippen molar-refractivity contribution in [3.05, 3.63) is 11.2 Å². The monoisotopic (exact) mass is 264 g/mol. The Morgan fingerprint density at radius 2 is 2.31 bits per heavy atom. The van der Waals surface area contributed by atoms with Gasteiger partial charge in [-0.05, 0) is 13.8 Å². The van der Waals surface area contributed by atoms with Gasteiger partial charge < -0.3 is 4.74 Å². The van der Waals surface area contributed by atoms with Crippen molar-refractivity contribution in [1.82, 2.24) is 9.71 Å². The number of carbonyl (C=O) groups is 1. The standard InChI is InChI=1S/C8H12N2O4S2/c1-3-14-7(11)4-10-16(12,13)8-6(2)9-5-15-8/h5,10H,3-4H2,1-2H3. The van der Waals surface area contributed by atoms with Crippen LogP contribution in [0.25, 0.3) is 0 Å². The number of hydrogen-bond acceptors (Lipinski definition) is 6. The molecule has 1 rings (SSSR count). The molecule has 90 valence electrons. The summed E-state index contributed by atoms with van der Waals surface area (Å²) in [5, 5.41) is 0. The van der Waals surface area contributed by atoms with Crippen molar-refractivity contribution in [2.24, 2.45) is 0 Å². The van der Waals surface area contributed by atoms with Crippen LogP contribution in [0, 0.1) is 6.92 Å². The van der Waals surface area contributed by atoms with E-state index in [-0.39, 0.29) is 17.4 Å². The highest BCUT2D eigenvalue weighted by atomic mass is 32.2. The van der Waals surface area contributed by atoms with Crippen LogP contribution in [0.1, 0.15) is 12.6 Å². The summed E-state index contributed by atoms with van der Waals surface area (Å²) in [7, 11) is -3.66. The molecule has 8 heteroatoms. The first-order valence-corrected chi connectivity index (χ1v) is 6.89. The summed E-state index contributed by atoms with van der Waals surface area (Å²) in [5.41, 5.74) is 1.86. The van der Waals surface area contributed by atoms with Gasteiger partial charge in [0, 0.05) is 0 Å². The lowest BCUT2D eigenvalue weighted by atomic mass is 10.6. The summed E-state index contributed by atoms with van der Waals surface area (Å²) in [5.74, 6) is -0.603. The van der Waals surface area contributed by atoms with Crippen LogP contribution in [0.3, 0.4) is 0 Å². The minimum absolute atomic E-state index is 0.122. The predicted molar refractivity (Wildman–Crippen MR) is 58.7 cm³/mol. The first kappa shape index (κ1) is 13.1. The molecule has 0 aromatic carbocycles. The fourth-order valence-electron chi connectivity index (χ4n) is 0.981. The first-order valence-electron chi connectivity index (χ1n) is 4.52. The summed E-state index contributed by atoms with van der Waals surface area (Å²) in [6.07, 6.45) is 0. The van der Waals surface area contributed by atoms with E-state index >= 15 is 0 Å². The second-order valence-electron chi connectivity index (χ2n) is 2.85. The molecule has 0 aliphatic carbocycles. The van der Waals surface area contributed by atoms with E-state index in [0.717, 1.165) is 11.3 Å². The molecule has 0 radical (unpaired) electrons. The Hall–Kier alpha value is -0.990. The van der Waals surface area contributed by atoms with E-state index in [2.05, 4.69) is 14.4 Å². The number of hydrogen-bond donors (Lipinski definition) is 1. The molecule has 0 aliphatic rings. The third kappa shape index (κ3) is 3.26. The predicted octanol–water partition coefficient (Wildman–Crippen LogP) is 0.293. The quantitative estimate of drug-likeness (QED) is 0.773. The molecule has 0 amide bonds. The molecule has 1 aromatic rings. The number of aryl methyl sites for hydroxylation is 1. The van der Waals surface area contributed by atoms with Gasteiger partial charge in [0.1, 0.15) is 6.54 Å². The number of aromatic nitrogens is 1. The maximum Gasteiger partial charge on any atom is 0.321 e. The molecule has 0 aliphatic heterocycles. The lowest BCUT2D eigenvalue weighted by Crippen LogP contribution is -2.30. The summed E-state index contributed by atoms with van der Waals surface area (Å²) >= 11 is 1.01. The van der Waals surface area contributed by atoms with Crippen LogP contribution in [0.2, 0.25) is 0 Å². The fourth-order valence-corrected chi connectivity index (χ4v) is 3.20. The van der Waals surface area contributed by atoms with Crippen molar-refractivity contribution in [3.8, 4) is 0 Å². The highest BCUT2D eigenvalue weighted by molar-refractivity contribution is 7.91. The van der Waals surface area contributed by atoms with Gasteiger partial charge in [-0.15, -0.1) is 11.3 Å². The molecule has 0 fully saturated rings. The molecule has 6 nitrogen and oxygen atoms in total. The molecular formula is C8H12N2O4S2. The zero-order valence-electron chi connectivity index (χ0n) is 8.89. The van der Waals surface area contributed by atoms with Gasteiger partial charge in [-0.1, -0.05) is 0 Å². The molecule has 16 heavy (non-hydrogen) atoms. The van der Waals surface area contributed by atoms with E-state index in [1.54, 1.807) is 13.8 Å². The summed E-state index contributed by atoms with van der Waals surface area (Å²) in [6, 6.07) is 0. The van der Waals surface area contributed by atoms with Crippen LogP contribution < -0.4 is 4.72 Å².